The smallest absolute Gasteiger partial charge is 0.166 e. The first-order chi connectivity index (χ1) is 9.01. The molecule has 0 heterocycles. The van der Waals surface area contributed by atoms with E-state index in [1.807, 2.05) is 13.8 Å². The van der Waals surface area contributed by atoms with Gasteiger partial charge in [0.1, 0.15) is 5.75 Å². The molecule has 0 aromatic heterocycles. The average Bonchev–Trinajstić information content (AvgIpc) is 2.35. The minimum absolute atomic E-state index is 0.130. The highest BCUT2D eigenvalue weighted by Crippen LogP contribution is 2.32. The van der Waals surface area contributed by atoms with Gasteiger partial charge >= 0.3 is 0 Å². The Bertz CT molecular complexity index is 588. The molecule has 0 saturated carbocycles. The molecule has 2 aromatic rings. The second-order valence-electron chi connectivity index (χ2n) is 4.39. The van der Waals surface area contributed by atoms with Gasteiger partial charge in [-0.25, -0.2) is 4.39 Å². The van der Waals surface area contributed by atoms with Crippen LogP contribution in [0, 0.1) is 19.7 Å². The lowest BCUT2D eigenvalue weighted by molar-refractivity contribution is 0.281. The largest absolute Gasteiger partial charge is 0.454 e. The zero-order valence-corrected chi connectivity index (χ0v) is 11.5. The molecule has 4 heteroatoms. The second-order valence-corrected chi connectivity index (χ2v) is 4.83. The summed E-state index contributed by atoms with van der Waals surface area (Å²) in [5, 5.41) is 9.56. The first-order valence-electron chi connectivity index (χ1n) is 5.85. The van der Waals surface area contributed by atoms with Crippen LogP contribution in [-0.4, -0.2) is 5.11 Å². The van der Waals surface area contributed by atoms with E-state index in [0.717, 1.165) is 11.1 Å². The number of halogens is 2. The van der Waals surface area contributed by atoms with Gasteiger partial charge in [0.2, 0.25) is 0 Å². The lowest BCUT2D eigenvalue weighted by Gasteiger charge is -2.13. The molecule has 100 valence electrons. The number of aliphatic hydroxyl groups is 1. The Balaban J connectivity index is 2.36. The molecule has 0 radical (unpaired) electrons. The highest BCUT2D eigenvalue weighted by molar-refractivity contribution is 6.30. The van der Waals surface area contributed by atoms with E-state index in [-0.39, 0.29) is 12.4 Å². The molecular weight excluding hydrogens is 267 g/mol. The van der Waals surface area contributed by atoms with Crippen LogP contribution in [0.5, 0.6) is 11.5 Å². The summed E-state index contributed by atoms with van der Waals surface area (Å²) in [6.07, 6.45) is 0. The van der Waals surface area contributed by atoms with Crippen LogP contribution < -0.4 is 4.74 Å². The summed E-state index contributed by atoms with van der Waals surface area (Å²) < 4.78 is 19.4. The van der Waals surface area contributed by atoms with E-state index in [1.54, 1.807) is 18.2 Å². The summed E-state index contributed by atoms with van der Waals surface area (Å²) in [4.78, 5) is 0. The fourth-order valence-corrected chi connectivity index (χ4v) is 2.22. The SMILES string of the molecule is Cc1cc(Cl)cc(C)c1Oc1ccc(CO)cc1F. The van der Waals surface area contributed by atoms with Crippen molar-refractivity contribution in [3.05, 3.63) is 57.9 Å². The van der Waals surface area contributed by atoms with Gasteiger partial charge in [-0.1, -0.05) is 17.7 Å². The molecule has 0 bridgehead atoms. The molecular formula is C15H14ClFO2. The molecule has 0 fully saturated rings. The fraction of sp³-hybridized carbons (Fsp3) is 0.200. The lowest BCUT2D eigenvalue weighted by Crippen LogP contribution is -1.95. The van der Waals surface area contributed by atoms with Crippen molar-refractivity contribution in [1.29, 1.82) is 0 Å². The van der Waals surface area contributed by atoms with E-state index in [9.17, 15) is 4.39 Å². The summed E-state index contributed by atoms with van der Waals surface area (Å²) in [5.74, 6) is 0.228. The van der Waals surface area contributed by atoms with Gasteiger partial charge in [0.15, 0.2) is 11.6 Å². The Morgan fingerprint density at radius 2 is 1.79 bits per heavy atom. The molecule has 0 aliphatic heterocycles. The molecule has 19 heavy (non-hydrogen) atoms. The summed E-state index contributed by atoms with van der Waals surface area (Å²) in [7, 11) is 0. The van der Waals surface area contributed by atoms with Crippen molar-refractivity contribution in [2.24, 2.45) is 0 Å². The third-order valence-electron chi connectivity index (χ3n) is 2.82. The van der Waals surface area contributed by atoms with Crippen molar-refractivity contribution in [2.45, 2.75) is 20.5 Å². The van der Waals surface area contributed by atoms with Crippen molar-refractivity contribution in [2.75, 3.05) is 0 Å². The van der Waals surface area contributed by atoms with E-state index >= 15 is 0 Å². The molecule has 1 N–H and O–H groups in total. The first kappa shape index (κ1) is 13.8. The Kier molecular flexibility index (Phi) is 4.08. The van der Waals surface area contributed by atoms with E-state index in [0.29, 0.717) is 16.3 Å². The highest BCUT2D eigenvalue weighted by Gasteiger charge is 2.10. The maximum Gasteiger partial charge on any atom is 0.166 e. The van der Waals surface area contributed by atoms with Crippen LogP contribution in [0.4, 0.5) is 4.39 Å². The van der Waals surface area contributed by atoms with Crippen LogP contribution in [0.3, 0.4) is 0 Å². The normalized spacial score (nSPS) is 10.6. The van der Waals surface area contributed by atoms with Gasteiger partial charge in [-0.3, -0.25) is 0 Å². The molecule has 2 aromatic carbocycles. The molecule has 0 atom stereocenters. The number of benzene rings is 2. The zero-order chi connectivity index (χ0) is 14.0. The standard InChI is InChI=1S/C15H14ClFO2/c1-9-5-12(16)6-10(2)15(9)19-14-4-3-11(8-18)7-13(14)17/h3-7,18H,8H2,1-2H3. The number of rotatable bonds is 3. The molecule has 0 amide bonds. The van der Waals surface area contributed by atoms with Crippen LogP contribution in [0.25, 0.3) is 0 Å². The zero-order valence-electron chi connectivity index (χ0n) is 10.7. The first-order valence-corrected chi connectivity index (χ1v) is 6.23. The number of ether oxygens (including phenoxy) is 1. The molecule has 0 aliphatic rings. The topological polar surface area (TPSA) is 29.5 Å². The predicted molar refractivity (Wildman–Crippen MR) is 73.3 cm³/mol. The third kappa shape index (κ3) is 3.06. The van der Waals surface area contributed by atoms with Gasteiger partial charge in [0.05, 0.1) is 6.61 Å². The van der Waals surface area contributed by atoms with Gasteiger partial charge in [0.25, 0.3) is 0 Å². The van der Waals surface area contributed by atoms with E-state index < -0.39 is 5.82 Å². The summed E-state index contributed by atoms with van der Waals surface area (Å²) >= 11 is 5.94. The fourth-order valence-electron chi connectivity index (χ4n) is 1.89. The quantitative estimate of drug-likeness (QED) is 0.904. The second kappa shape index (κ2) is 5.59. The summed E-state index contributed by atoms with van der Waals surface area (Å²) in [5.41, 5.74) is 2.20. The van der Waals surface area contributed by atoms with Crippen molar-refractivity contribution in [1.82, 2.24) is 0 Å². The van der Waals surface area contributed by atoms with Gasteiger partial charge in [0, 0.05) is 5.02 Å². The molecule has 0 saturated heterocycles. The minimum Gasteiger partial charge on any atom is -0.454 e. The Morgan fingerprint density at radius 3 is 2.32 bits per heavy atom. The molecule has 0 aliphatic carbocycles. The number of aliphatic hydroxyl groups excluding tert-OH is 1. The minimum atomic E-state index is -0.500. The summed E-state index contributed by atoms with van der Waals surface area (Å²) in [6, 6.07) is 7.93. The Labute approximate surface area is 116 Å². The van der Waals surface area contributed by atoms with Crippen molar-refractivity contribution < 1.29 is 14.2 Å². The van der Waals surface area contributed by atoms with Gasteiger partial charge in [-0.05, 0) is 54.8 Å². The van der Waals surface area contributed by atoms with E-state index in [2.05, 4.69) is 0 Å². The highest BCUT2D eigenvalue weighted by atomic mass is 35.5. The van der Waals surface area contributed by atoms with Crippen LogP contribution in [0.15, 0.2) is 30.3 Å². The van der Waals surface area contributed by atoms with Crippen molar-refractivity contribution in [3.63, 3.8) is 0 Å². The number of aryl methyl sites for hydroxylation is 2. The summed E-state index contributed by atoms with van der Waals surface area (Å²) in [6.45, 7) is 3.51. The number of hydrogen-bond acceptors (Lipinski definition) is 2. The van der Waals surface area contributed by atoms with Crippen LogP contribution in [0.2, 0.25) is 5.02 Å². The van der Waals surface area contributed by atoms with Gasteiger partial charge < -0.3 is 9.84 Å². The van der Waals surface area contributed by atoms with Crippen molar-refractivity contribution in [3.8, 4) is 11.5 Å². The van der Waals surface area contributed by atoms with E-state index in [1.165, 1.54) is 12.1 Å². The molecule has 2 nitrogen and oxygen atoms in total. The monoisotopic (exact) mass is 280 g/mol. The number of hydrogen-bond donors (Lipinski definition) is 1. The maximum atomic E-state index is 13.8. The molecule has 2 rings (SSSR count). The van der Waals surface area contributed by atoms with Crippen LogP contribution in [-0.2, 0) is 6.61 Å². The van der Waals surface area contributed by atoms with Crippen molar-refractivity contribution >= 4 is 11.6 Å². The Morgan fingerprint density at radius 1 is 1.16 bits per heavy atom. The third-order valence-corrected chi connectivity index (χ3v) is 3.03. The van der Waals surface area contributed by atoms with Crippen LogP contribution >= 0.6 is 11.6 Å². The predicted octanol–water partition coefficient (Wildman–Crippen LogP) is 4.38. The van der Waals surface area contributed by atoms with Crippen LogP contribution in [0.1, 0.15) is 16.7 Å². The molecule has 0 unspecified atom stereocenters. The Hall–Kier alpha value is -1.58. The van der Waals surface area contributed by atoms with E-state index in [4.69, 9.17) is 21.4 Å². The van der Waals surface area contributed by atoms with Gasteiger partial charge in [-0.2, -0.15) is 0 Å². The average molecular weight is 281 g/mol. The molecule has 0 spiro atoms. The maximum absolute atomic E-state index is 13.8. The lowest BCUT2D eigenvalue weighted by atomic mass is 10.1. The van der Waals surface area contributed by atoms with Gasteiger partial charge in [-0.15, -0.1) is 0 Å².